The van der Waals surface area contributed by atoms with E-state index >= 15 is 0 Å². The molecule has 0 saturated carbocycles. The van der Waals surface area contributed by atoms with Crippen LogP contribution in [0, 0.1) is 0 Å². The van der Waals surface area contributed by atoms with E-state index in [2.05, 4.69) is 5.32 Å². The molecule has 2 aromatic rings. The van der Waals surface area contributed by atoms with Crippen LogP contribution in [0.1, 0.15) is 35.4 Å². The highest BCUT2D eigenvalue weighted by molar-refractivity contribution is 7.90. The highest BCUT2D eigenvalue weighted by Gasteiger charge is 2.32. The van der Waals surface area contributed by atoms with Gasteiger partial charge in [-0.2, -0.15) is 13.2 Å². The molecule has 0 aliphatic carbocycles. The van der Waals surface area contributed by atoms with E-state index in [1.807, 2.05) is 4.90 Å². The molecule has 6 nitrogen and oxygen atoms in total. The lowest BCUT2D eigenvalue weighted by Crippen LogP contribution is -2.30. The number of piperidine rings is 1. The predicted molar refractivity (Wildman–Crippen MR) is 97.3 cm³/mol. The second kappa shape index (κ2) is 7.50. The van der Waals surface area contributed by atoms with Crippen LogP contribution in [0.4, 0.5) is 24.5 Å². The Morgan fingerprint density at radius 3 is 2.36 bits per heavy atom. The molecule has 2 heterocycles. The molecule has 3 rings (SSSR count). The monoisotopic (exact) mass is 416 g/mol. The molecule has 1 aromatic carbocycles. The molecule has 0 unspecified atom stereocenters. The van der Waals surface area contributed by atoms with Crippen molar-refractivity contribution in [2.75, 3.05) is 29.6 Å². The molecule has 0 atom stereocenters. The number of hydrogen-bond donors (Lipinski definition) is 1. The summed E-state index contributed by atoms with van der Waals surface area (Å²) < 4.78 is 67.4. The van der Waals surface area contributed by atoms with Crippen molar-refractivity contribution in [2.45, 2.75) is 30.5 Å². The summed E-state index contributed by atoms with van der Waals surface area (Å²) in [5.41, 5.74) is -0.408. The number of carbonyl (C=O) groups is 1. The van der Waals surface area contributed by atoms with E-state index in [0.29, 0.717) is 18.8 Å². The molecule has 28 heavy (non-hydrogen) atoms. The quantitative estimate of drug-likeness (QED) is 0.817. The predicted octanol–water partition coefficient (Wildman–Crippen LogP) is 3.94. The Hall–Kier alpha value is -2.49. The van der Waals surface area contributed by atoms with Gasteiger partial charge in [0.15, 0.2) is 5.76 Å². The molecule has 1 aliphatic rings. The number of halogens is 3. The zero-order valence-corrected chi connectivity index (χ0v) is 15.9. The minimum Gasteiger partial charge on any atom is -0.440 e. The number of amides is 1. The number of sulfone groups is 1. The second-order valence-corrected chi connectivity index (χ2v) is 8.57. The first kappa shape index (κ1) is 20.2. The first-order chi connectivity index (χ1) is 13.1. The Kier molecular flexibility index (Phi) is 5.42. The van der Waals surface area contributed by atoms with Crippen LogP contribution < -0.4 is 10.2 Å². The second-order valence-electron chi connectivity index (χ2n) is 6.62. The number of carbonyl (C=O) groups excluding carboxylic acids is 1. The van der Waals surface area contributed by atoms with E-state index in [0.717, 1.165) is 43.7 Å². The van der Waals surface area contributed by atoms with E-state index < -0.39 is 32.6 Å². The largest absolute Gasteiger partial charge is 0.440 e. The number of nitrogens with one attached hydrogen (secondary N) is 1. The number of alkyl halides is 3. The molecule has 0 radical (unpaired) electrons. The van der Waals surface area contributed by atoms with Gasteiger partial charge in [-0.15, -0.1) is 0 Å². The zero-order valence-electron chi connectivity index (χ0n) is 15.0. The van der Waals surface area contributed by atoms with Gasteiger partial charge >= 0.3 is 6.18 Å². The molecule has 152 valence electrons. The summed E-state index contributed by atoms with van der Waals surface area (Å²) in [7, 11) is -3.64. The van der Waals surface area contributed by atoms with Gasteiger partial charge in [-0.1, -0.05) is 0 Å². The normalized spacial score (nSPS) is 15.5. The summed E-state index contributed by atoms with van der Waals surface area (Å²) in [6, 6.07) is 5.49. The summed E-state index contributed by atoms with van der Waals surface area (Å²) in [6.45, 7) is 1.35. The van der Waals surface area contributed by atoms with E-state index in [4.69, 9.17) is 4.42 Å². The molecule has 1 aliphatic heterocycles. The third kappa shape index (κ3) is 4.49. The number of nitrogens with zero attached hydrogens (tertiary/aromatic N) is 1. The van der Waals surface area contributed by atoms with Gasteiger partial charge in [-0.25, -0.2) is 8.42 Å². The lowest BCUT2D eigenvalue weighted by Gasteiger charge is -2.31. The van der Waals surface area contributed by atoms with Crippen molar-refractivity contribution >= 4 is 27.1 Å². The van der Waals surface area contributed by atoms with Gasteiger partial charge in [0, 0.05) is 19.3 Å². The molecule has 1 N–H and O–H groups in total. The van der Waals surface area contributed by atoms with Crippen LogP contribution in [-0.4, -0.2) is 33.7 Å². The molecule has 1 amide bonds. The minimum atomic E-state index is -4.56. The Labute approximate surface area is 160 Å². The zero-order chi connectivity index (χ0) is 20.5. The maximum atomic E-state index is 13.1. The highest BCUT2D eigenvalue weighted by atomic mass is 32.2. The van der Waals surface area contributed by atoms with Crippen molar-refractivity contribution in [1.82, 2.24) is 0 Å². The maximum absolute atomic E-state index is 13.1. The van der Waals surface area contributed by atoms with E-state index in [-0.39, 0.29) is 11.4 Å². The van der Waals surface area contributed by atoms with Gasteiger partial charge < -0.3 is 14.6 Å². The third-order valence-electron chi connectivity index (χ3n) is 4.44. The smallest absolute Gasteiger partial charge is 0.416 e. The Bertz CT molecular complexity index is 977. The van der Waals surface area contributed by atoms with Gasteiger partial charge in [0.25, 0.3) is 5.91 Å². The van der Waals surface area contributed by atoms with Crippen LogP contribution in [0.3, 0.4) is 0 Å². The fourth-order valence-corrected chi connectivity index (χ4v) is 3.60. The topological polar surface area (TPSA) is 79.6 Å². The molecule has 1 fully saturated rings. The fourth-order valence-electron chi connectivity index (χ4n) is 3.05. The molecule has 0 spiro atoms. The number of furan rings is 1. The Morgan fingerprint density at radius 2 is 1.79 bits per heavy atom. The van der Waals surface area contributed by atoms with Crippen LogP contribution in [0.2, 0.25) is 0 Å². The summed E-state index contributed by atoms with van der Waals surface area (Å²) in [5.74, 6) is -1.13. The minimum absolute atomic E-state index is 0.000898. The van der Waals surface area contributed by atoms with Crippen molar-refractivity contribution in [1.29, 1.82) is 0 Å². The van der Waals surface area contributed by atoms with Gasteiger partial charge in [0.05, 0.1) is 16.9 Å². The SMILES string of the molecule is CS(=O)(=O)c1ccc(C(=O)Nc2cc(C(F)(F)F)ccc2N2CCCCC2)o1. The summed E-state index contributed by atoms with van der Waals surface area (Å²) in [5, 5.41) is 2.04. The number of anilines is 2. The van der Waals surface area contributed by atoms with Crippen molar-refractivity contribution < 1.29 is 30.8 Å². The summed E-state index contributed by atoms with van der Waals surface area (Å²) >= 11 is 0. The van der Waals surface area contributed by atoms with Gasteiger partial charge in [-0.05, 0) is 49.6 Å². The molecular formula is C18H19F3N2O4S. The van der Waals surface area contributed by atoms with Crippen LogP contribution in [0.15, 0.2) is 39.8 Å². The van der Waals surface area contributed by atoms with Gasteiger partial charge in [0.2, 0.25) is 14.9 Å². The molecule has 10 heteroatoms. The lowest BCUT2D eigenvalue weighted by molar-refractivity contribution is -0.137. The molecule has 0 bridgehead atoms. The highest BCUT2D eigenvalue weighted by Crippen LogP contribution is 2.36. The molecule has 1 saturated heterocycles. The van der Waals surface area contributed by atoms with Crippen LogP contribution >= 0.6 is 0 Å². The van der Waals surface area contributed by atoms with E-state index in [1.165, 1.54) is 12.1 Å². The van der Waals surface area contributed by atoms with Gasteiger partial charge in [0.1, 0.15) is 0 Å². The van der Waals surface area contributed by atoms with Crippen molar-refractivity contribution in [3.05, 3.63) is 41.7 Å². The number of benzene rings is 1. The summed E-state index contributed by atoms with van der Waals surface area (Å²) in [4.78, 5) is 14.4. The molecular weight excluding hydrogens is 397 g/mol. The first-order valence-electron chi connectivity index (χ1n) is 8.63. The van der Waals surface area contributed by atoms with Crippen molar-refractivity contribution in [3.63, 3.8) is 0 Å². The van der Waals surface area contributed by atoms with Crippen molar-refractivity contribution in [2.24, 2.45) is 0 Å². The molecule has 1 aromatic heterocycles. The van der Waals surface area contributed by atoms with Crippen molar-refractivity contribution in [3.8, 4) is 0 Å². The lowest BCUT2D eigenvalue weighted by atomic mass is 10.1. The number of rotatable bonds is 4. The standard InChI is InChI=1S/C18H19F3N2O4S/c1-28(25,26)16-8-7-15(27-16)17(24)22-13-11-12(18(19,20)21)5-6-14(13)23-9-3-2-4-10-23/h5-8,11H,2-4,9-10H2,1H3,(H,22,24). The van der Waals surface area contributed by atoms with E-state index in [1.54, 1.807) is 0 Å². The fraction of sp³-hybridized carbons (Fsp3) is 0.389. The third-order valence-corrected chi connectivity index (χ3v) is 5.39. The number of hydrogen-bond acceptors (Lipinski definition) is 5. The Balaban J connectivity index is 1.93. The average molecular weight is 416 g/mol. The Morgan fingerprint density at radius 1 is 1.11 bits per heavy atom. The average Bonchev–Trinajstić information content (AvgIpc) is 3.12. The van der Waals surface area contributed by atoms with Crippen LogP contribution in [0.25, 0.3) is 0 Å². The summed E-state index contributed by atoms with van der Waals surface area (Å²) in [6.07, 6.45) is -0.781. The van der Waals surface area contributed by atoms with Crippen LogP contribution in [0.5, 0.6) is 0 Å². The van der Waals surface area contributed by atoms with E-state index in [9.17, 15) is 26.4 Å². The maximum Gasteiger partial charge on any atom is 0.416 e. The van der Waals surface area contributed by atoms with Crippen LogP contribution in [-0.2, 0) is 16.0 Å². The van der Waals surface area contributed by atoms with Gasteiger partial charge in [-0.3, -0.25) is 4.79 Å². The first-order valence-corrected chi connectivity index (χ1v) is 10.5.